The van der Waals surface area contributed by atoms with Crippen molar-refractivity contribution in [2.75, 3.05) is 178 Å². The van der Waals surface area contributed by atoms with Crippen LogP contribution in [0.5, 0.6) is 11.5 Å². The molecule has 6 aromatic rings. The lowest BCUT2D eigenvalue weighted by Crippen LogP contribution is -2.48. The number of H-pyrrole nitrogens is 1. The highest BCUT2D eigenvalue weighted by atomic mass is 19.1. The molecule has 0 unspecified atom stereocenters. The molecule has 552 valence electrons. The number of nitrogens with one attached hydrogen (secondary N) is 2. The normalized spacial score (nSPS) is 15.7. The molecule has 6 heterocycles. The second kappa shape index (κ2) is 41.4. The van der Waals surface area contributed by atoms with E-state index in [1.165, 1.54) is 35.4 Å². The maximum Gasteiger partial charge on any atom is 0.313 e. The lowest BCUT2D eigenvalue weighted by Gasteiger charge is -2.36. The van der Waals surface area contributed by atoms with Crippen molar-refractivity contribution in [3.63, 3.8) is 0 Å². The van der Waals surface area contributed by atoms with Gasteiger partial charge in [0, 0.05) is 89.7 Å². The van der Waals surface area contributed by atoms with Gasteiger partial charge in [0.15, 0.2) is 17.5 Å². The van der Waals surface area contributed by atoms with Crippen molar-refractivity contribution in [1.82, 2.24) is 64.6 Å². The minimum absolute atomic E-state index is 0.0144. The van der Waals surface area contributed by atoms with Crippen molar-refractivity contribution >= 4 is 46.0 Å². The van der Waals surface area contributed by atoms with Crippen LogP contribution in [0.3, 0.4) is 0 Å². The van der Waals surface area contributed by atoms with E-state index in [0.29, 0.717) is 165 Å². The Balaban J connectivity index is 0.556. The Morgan fingerprint density at radius 1 is 0.735 bits per heavy atom. The van der Waals surface area contributed by atoms with Gasteiger partial charge in [-0.05, 0) is 56.2 Å². The minimum atomic E-state index is -1.31. The monoisotopic (exact) mass is 1430 g/mol. The number of methoxy groups -OCH3 is 1. The number of hydrogen-bond acceptors (Lipinski definition) is 24. The fourth-order valence-electron chi connectivity index (χ4n) is 11.6. The molecule has 2 saturated heterocycles. The summed E-state index contributed by atoms with van der Waals surface area (Å²) in [6.45, 7) is 13.1. The number of piperazine rings is 1. The summed E-state index contributed by atoms with van der Waals surface area (Å²) in [5, 5.41) is 35.7. The maximum atomic E-state index is 13.9. The van der Waals surface area contributed by atoms with Gasteiger partial charge in [-0.3, -0.25) is 28.9 Å². The van der Waals surface area contributed by atoms with Gasteiger partial charge in [0.2, 0.25) is 17.5 Å². The summed E-state index contributed by atoms with van der Waals surface area (Å²) >= 11 is 0. The van der Waals surface area contributed by atoms with Crippen molar-refractivity contribution < 1.29 is 89.6 Å². The van der Waals surface area contributed by atoms with E-state index in [1.54, 1.807) is 10.9 Å². The Hall–Kier alpha value is -8.66. The predicted octanol–water partition coefficient (Wildman–Crippen LogP) is 4.00. The number of ketones is 1. The Morgan fingerprint density at radius 2 is 1.33 bits per heavy atom. The molecule has 4 aromatic heterocycles. The van der Waals surface area contributed by atoms with E-state index in [4.69, 9.17) is 42.6 Å². The number of benzene rings is 2. The van der Waals surface area contributed by atoms with Crippen LogP contribution in [0.2, 0.25) is 0 Å². The number of ether oxygens (including phenoxy) is 10. The lowest BCUT2D eigenvalue weighted by molar-refractivity contribution is -0.142. The van der Waals surface area contributed by atoms with Crippen LogP contribution in [0.1, 0.15) is 77.2 Å². The van der Waals surface area contributed by atoms with E-state index in [1.807, 2.05) is 35.2 Å². The van der Waals surface area contributed by atoms with Gasteiger partial charge in [0.25, 0.3) is 17.6 Å². The molecule has 3 amide bonds. The number of amides is 3. The van der Waals surface area contributed by atoms with Crippen LogP contribution in [0.25, 0.3) is 22.3 Å². The first-order chi connectivity index (χ1) is 49.8. The van der Waals surface area contributed by atoms with Gasteiger partial charge >= 0.3 is 5.97 Å². The SMILES string of the molecule is COc1cnc(-n2cnc(C(=O)NCCCN(CCCN3CCN(CCOCCOCCOCCOCc4cn(CCOCCOCCOCCOCCC(=O)Oc5c(F)cc(F)cc5F)nn4)CC3)C(=O)C3CC(O)C3)n2)c2[nH]cc(C(=O)C(=O)N3CCC(=C(C#N)c4ccccc4)CC3)c12. The van der Waals surface area contributed by atoms with Crippen LogP contribution in [0.4, 0.5) is 13.2 Å². The number of pyridine rings is 1. The first-order valence-electron chi connectivity index (χ1n) is 34.3. The molecule has 9 rings (SSSR count). The molecule has 30 nitrogen and oxygen atoms in total. The third-order valence-corrected chi connectivity index (χ3v) is 17.2. The average Bonchev–Trinajstić information content (AvgIpc) is 1.60. The Labute approximate surface area is 588 Å². The molecule has 0 atom stereocenters. The molecule has 3 aliphatic rings. The molecule has 0 radical (unpaired) electrons. The first kappa shape index (κ1) is 77.5. The quantitative estimate of drug-likeness (QED) is 0.0121. The highest BCUT2D eigenvalue weighted by molar-refractivity contribution is 6.45. The standard InChI is InChI=1S/C69H89F3N14O16/c1-93-59-45-76-66(62-61(59)56(44-75-62)63(89)69(92)84-16-9-50(10-17-84)55(43-73)49-7-3-2-4-8-49)86-48-77-65(79-86)67(90)74-12-5-14-83(68(91)51-39-54(87)40-51)15-6-13-81-18-20-82(21-19-81)22-25-95-28-31-98-35-36-100-37-38-101-47-53-46-85(80-78-53)23-26-96-29-32-99-34-33-97-30-27-94-24-11-60(88)102-64-57(71)41-52(70)42-58(64)72/h2-4,7-8,41-42,44-46,48,51,54,75,87H,5-6,9-40,47H2,1H3,(H,74,90). The number of aliphatic hydroxyl groups is 1. The zero-order chi connectivity index (χ0) is 71.8. The van der Waals surface area contributed by atoms with E-state index in [9.17, 15) is 47.5 Å². The maximum absolute atomic E-state index is 13.9. The summed E-state index contributed by atoms with van der Waals surface area (Å²) < 4.78 is 98.0. The van der Waals surface area contributed by atoms with Gasteiger partial charge < -0.3 is 77.5 Å². The van der Waals surface area contributed by atoms with Gasteiger partial charge in [-0.2, -0.15) is 9.94 Å². The third-order valence-electron chi connectivity index (χ3n) is 17.2. The van der Waals surface area contributed by atoms with Gasteiger partial charge in [0.1, 0.15) is 23.6 Å². The zero-order valence-electron chi connectivity index (χ0n) is 57.3. The number of allylic oxidation sites excluding steroid dienone is 1. The molecule has 1 aliphatic carbocycles. The fourth-order valence-corrected chi connectivity index (χ4v) is 11.6. The number of carbonyl (C=O) groups is 5. The zero-order valence-corrected chi connectivity index (χ0v) is 57.3. The van der Waals surface area contributed by atoms with Crippen molar-refractivity contribution in [3.05, 3.63) is 113 Å². The molecule has 1 saturated carbocycles. The van der Waals surface area contributed by atoms with E-state index >= 15 is 0 Å². The number of carbonyl (C=O) groups excluding carboxylic acids is 5. The molecular weight excluding hydrogens is 1340 g/mol. The number of likely N-dealkylation sites (tertiary alicyclic amines) is 1. The number of nitrogens with zero attached hydrogens (tertiary/aromatic N) is 12. The largest absolute Gasteiger partial charge is 0.494 e. The van der Waals surface area contributed by atoms with Gasteiger partial charge in [0.05, 0.1) is 172 Å². The summed E-state index contributed by atoms with van der Waals surface area (Å²) in [5.41, 5.74) is 3.43. The average molecular weight is 1430 g/mol. The number of hydrogen-bond donors (Lipinski definition) is 3. The molecule has 0 bridgehead atoms. The van der Waals surface area contributed by atoms with Crippen LogP contribution in [-0.4, -0.2) is 278 Å². The summed E-state index contributed by atoms with van der Waals surface area (Å²) in [6, 6.07) is 12.5. The van der Waals surface area contributed by atoms with E-state index in [0.717, 1.165) is 56.8 Å². The Kier molecular flexibility index (Phi) is 31.5. The van der Waals surface area contributed by atoms with E-state index in [2.05, 4.69) is 56.3 Å². The van der Waals surface area contributed by atoms with Crippen molar-refractivity contribution in [2.45, 2.75) is 64.2 Å². The first-order valence-corrected chi connectivity index (χ1v) is 34.3. The molecule has 0 spiro atoms. The van der Waals surface area contributed by atoms with Crippen molar-refractivity contribution in [2.24, 2.45) is 5.92 Å². The number of aromatic amines is 1. The number of rotatable bonds is 45. The minimum Gasteiger partial charge on any atom is -0.494 e. The number of aliphatic hydroxyl groups excluding tert-OH is 1. The molecule has 33 heteroatoms. The summed E-state index contributed by atoms with van der Waals surface area (Å²) in [5.74, 6) is -7.46. The lowest BCUT2D eigenvalue weighted by atomic mass is 9.81. The van der Waals surface area contributed by atoms with Crippen LogP contribution in [-0.2, 0) is 65.4 Å². The van der Waals surface area contributed by atoms with Gasteiger partial charge in [-0.25, -0.2) is 27.8 Å². The molecule has 2 aromatic carbocycles. The number of fused-ring (bicyclic) bond motifs is 1. The van der Waals surface area contributed by atoms with Crippen LogP contribution in [0, 0.1) is 34.7 Å². The number of Topliss-reactive ketones (excluding diaryl/α,β-unsaturated/α-hetero) is 1. The van der Waals surface area contributed by atoms with Crippen molar-refractivity contribution in [3.8, 4) is 23.4 Å². The Morgan fingerprint density at radius 3 is 1.96 bits per heavy atom. The molecule has 2 aliphatic heterocycles. The van der Waals surface area contributed by atoms with Crippen LogP contribution >= 0.6 is 0 Å². The van der Waals surface area contributed by atoms with E-state index < -0.39 is 52.9 Å². The number of esters is 1. The van der Waals surface area contributed by atoms with Crippen LogP contribution in [0.15, 0.2) is 73.0 Å². The molecular formula is C69H89F3N14O16. The predicted molar refractivity (Wildman–Crippen MR) is 358 cm³/mol. The number of halogens is 3. The third kappa shape index (κ3) is 23.7. The highest BCUT2D eigenvalue weighted by Gasteiger charge is 2.36. The topological polar surface area (TPSA) is 337 Å². The summed E-state index contributed by atoms with van der Waals surface area (Å²) in [4.78, 5) is 86.3. The number of nitriles is 1. The number of piperidine rings is 1. The van der Waals surface area contributed by atoms with Crippen molar-refractivity contribution in [1.29, 1.82) is 5.26 Å². The number of aromatic nitrogens is 8. The smallest absolute Gasteiger partial charge is 0.313 e. The van der Waals surface area contributed by atoms with Crippen LogP contribution < -0.4 is 14.8 Å². The fraction of sp³-hybridized carbons (Fsp3) is 0.551. The molecule has 102 heavy (non-hydrogen) atoms. The summed E-state index contributed by atoms with van der Waals surface area (Å²) in [6.07, 6.45) is 8.27. The van der Waals surface area contributed by atoms with E-state index in [-0.39, 0.29) is 87.3 Å². The second-order valence-electron chi connectivity index (χ2n) is 24.2. The highest BCUT2D eigenvalue weighted by Crippen LogP contribution is 2.34. The van der Waals surface area contributed by atoms with Gasteiger partial charge in [-0.1, -0.05) is 35.5 Å². The molecule has 3 fully saturated rings. The van der Waals surface area contributed by atoms with Gasteiger partial charge in [-0.15, -0.1) is 10.2 Å². The second-order valence-corrected chi connectivity index (χ2v) is 24.2. The Bertz CT molecular complexity index is 3700. The molecule has 3 N–H and O–H groups in total. The summed E-state index contributed by atoms with van der Waals surface area (Å²) in [7, 11) is 1.43.